The van der Waals surface area contributed by atoms with Crippen molar-refractivity contribution in [3.63, 3.8) is 0 Å². The Morgan fingerprint density at radius 1 is 0.933 bits per heavy atom. The van der Waals surface area contributed by atoms with Crippen LogP contribution in [0.25, 0.3) is 0 Å². The van der Waals surface area contributed by atoms with Crippen molar-refractivity contribution in [1.29, 1.82) is 0 Å². The fourth-order valence-electron chi connectivity index (χ4n) is 1.22. The maximum Gasteiger partial charge on any atom is 0.118 e. The van der Waals surface area contributed by atoms with E-state index in [4.69, 9.17) is 4.74 Å². The zero-order valence-corrected chi connectivity index (χ0v) is 9.25. The molecule has 0 heterocycles. The van der Waals surface area contributed by atoms with Gasteiger partial charge in [-0.3, -0.25) is 0 Å². The predicted molar refractivity (Wildman–Crippen MR) is 62.4 cm³/mol. The van der Waals surface area contributed by atoms with Gasteiger partial charge >= 0.3 is 0 Å². The third kappa shape index (κ3) is 2.77. The summed E-state index contributed by atoms with van der Waals surface area (Å²) in [5, 5.41) is 0. The first-order valence-corrected chi connectivity index (χ1v) is 5.48. The van der Waals surface area contributed by atoms with Gasteiger partial charge in [0.1, 0.15) is 5.75 Å². The third-order valence-electron chi connectivity index (χ3n) is 1.98. The summed E-state index contributed by atoms with van der Waals surface area (Å²) in [7, 11) is 1.68. The fourth-order valence-corrected chi connectivity index (χ4v) is 2.04. The molecule has 0 aliphatic carbocycles. The van der Waals surface area contributed by atoms with Crippen molar-refractivity contribution in [3.05, 3.63) is 54.6 Å². The first kappa shape index (κ1) is 10.1. The summed E-state index contributed by atoms with van der Waals surface area (Å²) in [4.78, 5) is 2.43. The van der Waals surface area contributed by atoms with Gasteiger partial charge in [0.15, 0.2) is 0 Å². The molecule has 1 nitrogen and oxygen atoms in total. The summed E-state index contributed by atoms with van der Waals surface area (Å²) >= 11 is 1.73. The van der Waals surface area contributed by atoms with Gasteiger partial charge in [0.25, 0.3) is 0 Å². The molecule has 2 rings (SSSR count). The average Bonchev–Trinajstić information content (AvgIpc) is 2.31. The van der Waals surface area contributed by atoms with Crippen LogP contribution in [0.4, 0.5) is 0 Å². The lowest BCUT2D eigenvalue weighted by molar-refractivity contribution is 0.414. The maximum atomic E-state index is 5.11. The second-order valence-corrected chi connectivity index (χ2v) is 4.16. The first-order valence-electron chi connectivity index (χ1n) is 4.66. The number of methoxy groups -OCH3 is 1. The Bertz CT molecular complexity index is 408. The van der Waals surface area contributed by atoms with Crippen LogP contribution in [0.5, 0.6) is 5.75 Å². The molecule has 2 aromatic carbocycles. The lowest BCUT2D eigenvalue weighted by Crippen LogP contribution is -1.81. The Balaban J connectivity index is 2.11. The van der Waals surface area contributed by atoms with Crippen molar-refractivity contribution < 1.29 is 4.74 Å². The molecule has 0 saturated heterocycles. The summed E-state index contributed by atoms with van der Waals surface area (Å²) in [6.07, 6.45) is 0. The smallest absolute Gasteiger partial charge is 0.118 e. The molecule has 0 bridgehead atoms. The number of rotatable bonds is 3. The fraction of sp³-hybridized carbons (Fsp3) is 0.0769. The summed E-state index contributed by atoms with van der Waals surface area (Å²) in [5.74, 6) is 0.890. The molecule has 0 N–H and O–H groups in total. The molecule has 2 aromatic rings. The van der Waals surface area contributed by atoms with Crippen molar-refractivity contribution in [2.45, 2.75) is 9.79 Å². The van der Waals surface area contributed by atoms with Crippen LogP contribution in [-0.4, -0.2) is 7.11 Å². The van der Waals surface area contributed by atoms with Gasteiger partial charge in [0, 0.05) is 9.79 Å². The molecule has 0 amide bonds. The molecule has 15 heavy (non-hydrogen) atoms. The van der Waals surface area contributed by atoms with Crippen LogP contribution in [0, 0.1) is 6.07 Å². The van der Waals surface area contributed by atoms with Crippen LogP contribution in [0.2, 0.25) is 0 Å². The van der Waals surface area contributed by atoms with E-state index < -0.39 is 0 Å². The Labute approximate surface area is 94.1 Å². The highest BCUT2D eigenvalue weighted by Crippen LogP contribution is 2.28. The highest BCUT2D eigenvalue weighted by atomic mass is 32.2. The molecule has 0 aromatic heterocycles. The monoisotopic (exact) mass is 215 g/mol. The molecule has 75 valence electrons. The van der Waals surface area contributed by atoms with Crippen LogP contribution in [0.1, 0.15) is 0 Å². The van der Waals surface area contributed by atoms with Crippen LogP contribution in [0.15, 0.2) is 58.3 Å². The predicted octanol–water partition coefficient (Wildman–Crippen LogP) is 3.65. The molecule has 0 saturated carbocycles. The Kier molecular flexibility index (Phi) is 3.30. The second-order valence-electron chi connectivity index (χ2n) is 3.01. The molecular weight excluding hydrogens is 204 g/mol. The molecule has 0 spiro atoms. The third-order valence-corrected chi connectivity index (χ3v) is 3.00. The molecule has 0 unspecified atom stereocenters. The van der Waals surface area contributed by atoms with E-state index >= 15 is 0 Å². The van der Waals surface area contributed by atoms with Crippen LogP contribution in [0.3, 0.4) is 0 Å². The zero-order chi connectivity index (χ0) is 10.5. The van der Waals surface area contributed by atoms with E-state index in [9.17, 15) is 0 Å². The van der Waals surface area contributed by atoms with E-state index in [1.165, 1.54) is 9.79 Å². The van der Waals surface area contributed by atoms with E-state index in [2.05, 4.69) is 30.3 Å². The van der Waals surface area contributed by atoms with Gasteiger partial charge in [-0.15, -0.1) is 0 Å². The molecule has 2 heteroatoms. The van der Waals surface area contributed by atoms with Gasteiger partial charge in [-0.1, -0.05) is 23.9 Å². The zero-order valence-electron chi connectivity index (χ0n) is 8.44. The van der Waals surface area contributed by atoms with Crippen molar-refractivity contribution in [3.8, 4) is 5.75 Å². The van der Waals surface area contributed by atoms with Gasteiger partial charge in [0.2, 0.25) is 0 Å². The summed E-state index contributed by atoms with van der Waals surface area (Å²) in [6.45, 7) is 0. The highest BCUT2D eigenvalue weighted by Gasteiger charge is 1.96. The lowest BCUT2D eigenvalue weighted by Gasteiger charge is -2.02. The first-order chi connectivity index (χ1) is 7.38. The topological polar surface area (TPSA) is 9.23 Å². The maximum absolute atomic E-state index is 5.11. The SMILES string of the molecule is COc1ccc(Sc2cc[c]cc2)cc1. The minimum absolute atomic E-state index is 0.890. The molecule has 0 fully saturated rings. The Morgan fingerprint density at radius 3 is 2.13 bits per heavy atom. The van der Waals surface area contributed by atoms with Crippen molar-refractivity contribution in [2.24, 2.45) is 0 Å². The second kappa shape index (κ2) is 4.89. The summed E-state index contributed by atoms with van der Waals surface area (Å²) in [5.41, 5.74) is 0. The van der Waals surface area contributed by atoms with Crippen LogP contribution in [-0.2, 0) is 0 Å². The quantitative estimate of drug-likeness (QED) is 0.773. The number of benzene rings is 2. The average molecular weight is 215 g/mol. The van der Waals surface area contributed by atoms with E-state index in [0.717, 1.165) is 5.75 Å². The van der Waals surface area contributed by atoms with Gasteiger partial charge in [0.05, 0.1) is 7.11 Å². The molecule has 1 radical (unpaired) electrons. The number of ether oxygens (including phenoxy) is 1. The van der Waals surface area contributed by atoms with Gasteiger partial charge < -0.3 is 4.74 Å². The van der Waals surface area contributed by atoms with Gasteiger partial charge in [-0.2, -0.15) is 0 Å². The molecule has 0 aliphatic heterocycles. The van der Waals surface area contributed by atoms with E-state index in [1.54, 1.807) is 18.9 Å². The number of hydrogen-bond donors (Lipinski definition) is 0. The normalized spacial score (nSPS) is 9.93. The van der Waals surface area contributed by atoms with Gasteiger partial charge in [-0.05, 0) is 42.5 Å². The van der Waals surface area contributed by atoms with Gasteiger partial charge in [-0.25, -0.2) is 0 Å². The van der Waals surface area contributed by atoms with E-state index in [-0.39, 0.29) is 0 Å². The molecule has 0 atom stereocenters. The Morgan fingerprint density at radius 2 is 1.53 bits per heavy atom. The molecule has 0 aliphatic rings. The lowest BCUT2D eigenvalue weighted by atomic mass is 10.3. The number of hydrogen-bond acceptors (Lipinski definition) is 2. The van der Waals surface area contributed by atoms with E-state index in [0.29, 0.717) is 0 Å². The highest BCUT2D eigenvalue weighted by molar-refractivity contribution is 7.99. The van der Waals surface area contributed by atoms with Crippen LogP contribution < -0.4 is 4.74 Å². The van der Waals surface area contributed by atoms with Crippen LogP contribution >= 0.6 is 11.8 Å². The summed E-state index contributed by atoms with van der Waals surface area (Å²) < 4.78 is 5.11. The molecular formula is C13H11OS. The van der Waals surface area contributed by atoms with Crippen molar-refractivity contribution in [1.82, 2.24) is 0 Å². The summed E-state index contributed by atoms with van der Waals surface area (Å²) in [6, 6.07) is 19.0. The van der Waals surface area contributed by atoms with E-state index in [1.807, 2.05) is 24.3 Å². The standard InChI is InChI=1S/C13H11OS/c1-14-11-7-9-13(10-8-11)15-12-5-3-2-4-6-12/h3-10H,1H3. The minimum Gasteiger partial charge on any atom is -0.497 e. The Hall–Kier alpha value is -1.41. The van der Waals surface area contributed by atoms with Crippen molar-refractivity contribution in [2.75, 3.05) is 7.11 Å². The largest absolute Gasteiger partial charge is 0.497 e. The minimum atomic E-state index is 0.890. The van der Waals surface area contributed by atoms with Crippen molar-refractivity contribution >= 4 is 11.8 Å².